The van der Waals surface area contributed by atoms with Gasteiger partial charge in [-0.05, 0) is 6.92 Å². The third kappa shape index (κ3) is 7.57. The van der Waals surface area contributed by atoms with Gasteiger partial charge in [0.2, 0.25) is 0 Å². The summed E-state index contributed by atoms with van der Waals surface area (Å²) in [4.78, 5) is 0. The average Bonchev–Trinajstić information content (AvgIpc) is 1.91. The maximum atomic E-state index is 10.7. The molecule has 0 bridgehead atoms. The largest absolute Gasteiger partial charge is 0.312 e. The molecular formula is C7H17NOSY. The molecule has 1 rings (SSSR count). The molecule has 0 amide bonds. The Kier molecular flexibility index (Phi) is 12.5. The molecule has 1 fully saturated rings. The van der Waals surface area contributed by atoms with Crippen LogP contribution in [-0.4, -0.2) is 28.3 Å². The van der Waals surface area contributed by atoms with Crippen molar-refractivity contribution in [3.05, 3.63) is 0 Å². The molecule has 1 saturated heterocycles. The quantitative estimate of drug-likeness (QED) is 0.689. The van der Waals surface area contributed by atoms with Gasteiger partial charge < -0.3 is 5.32 Å². The van der Waals surface area contributed by atoms with E-state index in [0.717, 1.165) is 18.1 Å². The number of hydrogen-bond acceptors (Lipinski definition) is 2. The van der Waals surface area contributed by atoms with E-state index in [0.29, 0.717) is 6.04 Å². The predicted octanol–water partition coefficient (Wildman–Crippen LogP) is 0.751. The van der Waals surface area contributed by atoms with Crippen LogP contribution in [-0.2, 0) is 43.5 Å². The zero-order valence-electron chi connectivity index (χ0n) is 7.59. The molecule has 0 aromatic rings. The molecule has 1 N–H and O–H groups in total. The Bertz CT molecular complexity index is 111. The molecule has 0 aromatic carbocycles. The van der Waals surface area contributed by atoms with E-state index in [1.165, 1.54) is 0 Å². The number of hydrogen-bond donors (Lipinski definition) is 1. The standard InChI is InChI=1S/C5H11NOS.C2H6.Y/c1-5-4-8(7)3-2-6-5;1-2;/h5-6H,2-4H2,1H3;1-2H3;. The van der Waals surface area contributed by atoms with Crippen molar-refractivity contribution in [2.24, 2.45) is 0 Å². The second-order valence-electron chi connectivity index (χ2n) is 2.17. The SMILES string of the molecule is CC.CC1CS(=O)CCN1.[Y]. The summed E-state index contributed by atoms with van der Waals surface area (Å²) in [6.07, 6.45) is 0. The molecular weight excluding hydrogens is 235 g/mol. The fourth-order valence-corrected chi connectivity index (χ4v) is 2.03. The zero-order valence-corrected chi connectivity index (χ0v) is 11.2. The Labute approximate surface area is 97.2 Å². The van der Waals surface area contributed by atoms with E-state index in [2.05, 4.69) is 12.2 Å². The summed E-state index contributed by atoms with van der Waals surface area (Å²) in [6, 6.07) is 0.463. The summed E-state index contributed by atoms with van der Waals surface area (Å²) in [5.41, 5.74) is 0. The molecule has 2 atom stereocenters. The van der Waals surface area contributed by atoms with Crippen molar-refractivity contribution in [2.45, 2.75) is 26.8 Å². The van der Waals surface area contributed by atoms with Crippen molar-refractivity contribution in [2.75, 3.05) is 18.1 Å². The van der Waals surface area contributed by atoms with Gasteiger partial charge in [0.1, 0.15) is 0 Å². The van der Waals surface area contributed by atoms with Gasteiger partial charge in [-0.15, -0.1) is 0 Å². The van der Waals surface area contributed by atoms with Crippen molar-refractivity contribution in [3.63, 3.8) is 0 Å². The fraction of sp³-hybridized carbons (Fsp3) is 1.00. The molecule has 0 aromatic heterocycles. The van der Waals surface area contributed by atoms with Gasteiger partial charge in [-0.1, -0.05) is 13.8 Å². The second-order valence-corrected chi connectivity index (χ2v) is 3.79. The van der Waals surface area contributed by atoms with Crippen LogP contribution in [0.2, 0.25) is 0 Å². The maximum absolute atomic E-state index is 10.7. The van der Waals surface area contributed by atoms with Gasteiger partial charge >= 0.3 is 0 Å². The Balaban J connectivity index is 0. The summed E-state index contributed by atoms with van der Waals surface area (Å²) >= 11 is 0. The predicted molar refractivity (Wildman–Crippen MR) is 46.7 cm³/mol. The van der Waals surface area contributed by atoms with E-state index in [1.54, 1.807) is 0 Å². The van der Waals surface area contributed by atoms with E-state index in [-0.39, 0.29) is 32.7 Å². The summed E-state index contributed by atoms with van der Waals surface area (Å²) < 4.78 is 10.7. The summed E-state index contributed by atoms with van der Waals surface area (Å²) in [5.74, 6) is 1.67. The van der Waals surface area contributed by atoms with Crippen LogP contribution in [0.15, 0.2) is 0 Å². The molecule has 1 radical (unpaired) electrons. The molecule has 1 aliphatic rings. The topological polar surface area (TPSA) is 29.1 Å². The second kappa shape index (κ2) is 9.30. The van der Waals surface area contributed by atoms with Crippen molar-refractivity contribution in [1.82, 2.24) is 5.32 Å². The van der Waals surface area contributed by atoms with Crippen LogP contribution in [0.3, 0.4) is 0 Å². The van der Waals surface area contributed by atoms with Crippen LogP contribution in [0, 0.1) is 0 Å². The molecule has 1 aliphatic heterocycles. The molecule has 1 heterocycles. The summed E-state index contributed by atoms with van der Waals surface area (Å²) in [5, 5.41) is 3.22. The Morgan fingerprint density at radius 1 is 1.45 bits per heavy atom. The Morgan fingerprint density at radius 3 is 2.27 bits per heavy atom. The van der Waals surface area contributed by atoms with E-state index < -0.39 is 10.8 Å². The van der Waals surface area contributed by atoms with Gasteiger partial charge in [0.05, 0.1) is 0 Å². The molecule has 11 heavy (non-hydrogen) atoms. The van der Waals surface area contributed by atoms with E-state index >= 15 is 0 Å². The van der Waals surface area contributed by atoms with Gasteiger partial charge in [0, 0.05) is 67.6 Å². The smallest absolute Gasteiger partial charge is 0.0386 e. The number of nitrogens with one attached hydrogen (secondary N) is 1. The molecule has 2 unspecified atom stereocenters. The van der Waals surface area contributed by atoms with E-state index in [4.69, 9.17) is 0 Å². The monoisotopic (exact) mass is 252 g/mol. The van der Waals surface area contributed by atoms with E-state index in [1.807, 2.05) is 13.8 Å². The first-order valence-corrected chi connectivity index (χ1v) is 5.36. The van der Waals surface area contributed by atoms with Crippen LogP contribution in [0.5, 0.6) is 0 Å². The molecule has 0 aliphatic carbocycles. The molecule has 65 valence electrons. The summed E-state index contributed by atoms with van der Waals surface area (Å²) in [6.45, 7) is 6.99. The van der Waals surface area contributed by atoms with Gasteiger partial charge in [0.25, 0.3) is 0 Å². The van der Waals surface area contributed by atoms with Gasteiger partial charge in [-0.2, -0.15) is 0 Å². The summed E-state index contributed by atoms with van der Waals surface area (Å²) in [7, 11) is -0.533. The Hall–Kier alpha value is 1.21. The van der Waals surface area contributed by atoms with Crippen LogP contribution in [0.25, 0.3) is 0 Å². The van der Waals surface area contributed by atoms with Gasteiger partial charge in [0.15, 0.2) is 0 Å². The number of rotatable bonds is 0. The van der Waals surface area contributed by atoms with Crippen LogP contribution >= 0.6 is 0 Å². The van der Waals surface area contributed by atoms with Gasteiger partial charge in [-0.3, -0.25) is 4.21 Å². The average molecular weight is 252 g/mol. The normalized spacial score (nSPS) is 29.4. The minimum atomic E-state index is -0.533. The first kappa shape index (κ1) is 14.7. The van der Waals surface area contributed by atoms with Gasteiger partial charge in [-0.25, -0.2) is 0 Å². The first-order chi connectivity index (χ1) is 4.79. The van der Waals surface area contributed by atoms with Crippen molar-refractivity contribution in [3.8, 4) is 0 Å². The minimum Gasteiger partial charge on any atom is -0.312 e. The molecule has 4 heteroatoms. The molecule has 2 nitrogen and oxygen atoms in total. The van der Waals surface area contributed by atoms with Crippen molar-refractivity contribution < 1.29 is 36.9 Å². The van der Waals surface area contributed by atoms with Crippen LogP contribution in [0.1, 0.15) is 20.8 Å². The maximum Gasteiger partial charge on any atom is 0.0386 e. The van der Waals surface area contributed by atoms with Crippen LogP contribution < -0.4 is 5.32 Å². The van der Waals surface area contributed by atoms with Crippen LogP contribution in [0.4, 0.5) is 0 Å². The molecule has 0 saturated carbocycles. The molecule has 0 spiro atoms. The first-order valence-electron chi connectivity index (χ1n) is 3.87. The minimum absolute atomic E-state index is 0. The third-order valence-corrected chi connectivity index (χ3v) is 2.79. The zero-order chi connectivity index (χ0) is 7.98. The Morgan fingerprint density at radius 2 is 2.00 bits per heavy atom. The van der Waals surface area contributed by atoms with Crippen molar-refractivity contribution in [1.29, 1.82) is 0 Å². The third-order valence-electron chi connectivity index (χ3n) is 1.26. The van der Waals surface area contributed by atoms with E-state index in [9.17, 15) is 4.21 Å². The fourth-order valence-electron chi connectivity index (χ4n) is 0.840. The van der Waals surface area contributed by atoms with Crippen molar-refractivity contribution >= 4 is 10.8 Å².